The highest BCUT2D eigenvalue weighted by atomic mass is 35.5. The van der Waals surface area contributed by atoms with Crippen LogP contribution < -0.4 is 15.3 Å². The SMILES string of the molecule is O=C([O-])c1cc(N/N=C\c2ccc(Oc3ccccc3)cc2)ccc1Cl. The number of aromatic carboxylic acids is 1. The number of carbonyl (C=O) groups is 1. The number of carboxylic acids is 1. The van der Waals surface area contributed by atoms with Crippen LogP contribution in [0.4, 0.5) is 5.69 Å². The monoisotopic (exact) mass is 365 g/mol. The fourth-order valence-corrected chi connectivity index (χ4v) is 2.37. The summed E-state index contributed by atoms with van der Waals surface area (Å²) in [6.07, 6.45) is 1.61. The van der Waals surface area contributed by atoms with E-state index in [2.05, 4.69) is 10.5 Å². The Morgan fingerprint density at radius 1 is 1.00 bits per heavy atom. The molecule has 0 unspecified atom stereocenters. The number of carboxylic acid groups (broad SMARTS) is 1. The van der Waals surface area contributed by atoms with Crippen LogP contribution in [0.5, 0.6) is 11.5 Å². The van der Waals surface area contributed by atoms with Crippen molar-refractivity contribution in [2.45, 2.75) is 0 Å². The van der Waals surface area contributed by atoms with E-state index in [0.717, 1.165) is 17.1 Å². The van der Waals surface area contributed by atoms with Crippen molar-refractivity contribution in [3.8, 4) is 11.5 Å². The van der Waals surface area contributed by atoms with Crippen LogP contribution in [0.15, 0.2) is 77.9 Å². The molecule has 0 radical (unpaired) electrons. The normalized spacial score (nSPS) is 10.7. The Labute approximate surface area is 155 Å². The molecule has 0 aliphatic carbocycles. The zero-order valence-electron chi connectivity index (χ0n) is 13.6. The van der Waals surface area contributed by atoms with Crippen molar-refractivity contribution in [1.82, 2.24) is 0 Å². The molecule has 0 aliphatic rings. The number of rotatable bonds is 6. The molecule has 6 heteroatoms. The third-order valence-electron chi connectivity index (χ3n) is 3.45. The van der Waals surface area contributed by atoms with Gasteiger partial charge in [0.1, 0.15) is 11.5 Å². The van der Waals surface area contributed by atoms with Gasteiger partial charge < -0.3 is 14.6 Å². The molecule has 0 saturated heterocycles. The van der Waals surface area contributed by atoms with Crippen molar-refractivity contribution in [3.05, 3.63) is 88.9 Å². The first kappa shape index (κ1) is 17.5. The lowest BCUT2D eigenvalue weighted by molar-refractivity contribution is -0.255. The van der Waals surface area contributed by atoms with Crippen molar-refractivity contribution in [1.29, 1.82) is 0 Å². The van der Waals surface area contributed by atoms with E-state index in [1.54, 1.807) is 12.3 Å². The topological polar surface area (TPSA) is 73.8 Å². The number of hydrazone groups is 1. The summed E-state index contributed by atoms with van der Waals surface area (Å²) in [6.45, 7) is 0. The molecule has 3 rings (SSSR count). The average Bonchev–Trinajstić information content (AvgIpc) is 2.65. The highest BCUT2D eigenvalue weighted by Crippen LogP contribution is 2.21. The van der Waals surface area contributed by atoms with Gasteiger partial charge in [-0.2, -0.15) is 5.10 Å². The van der Waals surface area contributed by atoms with Gasteiger partial charge in [-0.25, -0.2) is 0 Å². The van der Waals surface area contributed by atoms with Gasteiger partial charge in [0.25, 0.3) is 0 Å². The third kappa shape index (κ3) is 4.62. The molecule has 0 aromatic heterocycles. The lowest BCUT2D eigenvalue weighted by Crippen LogP contribution is -2.22. The zero-order valence-corrected chi connectivity index (χ0v) is 14.3. The standard InChI is InChI=1S/C20H15ClN2O3/c21-19-11-8-15(12-18(19)20(24)25)23-22-13-14-6-9-17(10-7-14)26-16-4-2-1-3-5-16/h1-13,23H,(H,24,25)/p-1/b22-13-. The number of hydrogen-bond donors (Lipinski definition) is 1. The summed E-state index contributed by atoms with van der Waals surface area (Å²) >= 11 is 5.80. The second-order valence-corrected chi connectivity index (χ2v) is 5.74. The van der Waals surface area contributed by atoms with Gasteiger partial charge in [0, 0.05) is 10.6 Å². The van der Waals surface area contributed by atoms with E-state index in [4.69, 9.17) is 16.3 Å². The fraction of sp³-hybridized carbons (Fsp3) is 0. The minimum absolute atomic E-state index is 0.0886. The maximum absolute atomic E-state index is 11.0. The predicted molar refractivity (Wildman–Crippen MR) is 100.0 cm³/mol. The van der Waals surface area contributed by atoms with Crippen LogP contribution in [-0.4, -0.2) is 12.2 Å². The Morgan fingerprint density at radius 2 is 1.69 bits per heavy atom. The molecule has 0 spiro atoms. The van der Waals surface area contributed by atoms with E-state index in [1.165, 1.54) is 12.1 Å². The van der Waals surface area contributed by atoms with Gasteiger partial charge in [-0.05, 0) is 60.2 Å². The van der Waals surface area contributed by atoms with Crippen LogP contribution in [0.3, 0.4) is 0 Å². The number of ether oxygens (including phenoxy) is 1. The molecular formula is C20H14ClN2O3-. The summed E-state index contributed by atoms with van der Waals surface area (Å²) in [6, 6.07) is 21.4. The van der Waals surface area contributed by atoms with Gasteiger partial charge in [-0.1, -0.05) is 29.8 Å². The molecule has 26 heavy (non-hydrogen) atoms. The van der Waals surface area contributed by atoms with Gasteiger partial charge >= 0.3 is 0 Å². The number of hydrogen-bond acceptors (Lipinski definition) is 5. The number of nitrogens with zero attached hydrogens (tertiary/aromatic N) is 1. The second-order valence-electron chi connectivity index (χ2n) is 5.34. The van der Waals surface area contributed by atoms with Gasteiger partial charge in [-0.3, -0.25) is 5.43 Å². The van der Waals surface area contributed by atoms with E-state index in [9.17, 15) is 9.90 Å². The van der Waals surface area contributed by atoms with Crippen molar-refractivity contribution in [2.24, 2.45) is 5.10 Å². The summed E-state index contributed by atoms with van der Waals surface area (Å²) in [7, 11) is 0. The van der Waals surface area contributed by atoms with Crippen molar-refractivity contribution >= 4 is 29.5 Å². The lowest BCUT2D eigenvalue weighted by Gasteiger charge is -2.08. The molecule has 0 saturated carbocycles. The number of benzene rings is 3. The highest BCUT2D eigenvalue weighted by Gasteiger charge is 2.02. The van der Waals surface area contributed by atoms with Crippen LogP contribution in [0.1, 0.15) is 15.9 Å². The maximum atomic E-state index is 11.0. The molecule has 1 N–H and O–H groups in total. The molecular weight excluding hydrogens is 352 g/mol. The van der Waals surface area contributed by atoms with E-state index in [-0.39, 0.29) is 10.6 Å². The molecule has 3 aromatic carbocycles. The lowest BCUT2D eigenvalue weighted by atomic mass is 10.2. The molecule has 0 amide bonds. The number of para-hydroxylation sites is 1. The summed E-state index contributed by atoms with van der Waals surface area (Å²) < 4.78 is 5.72. The summed E-state index contributed by atoms with van der Waals surface area (Å²) in [5.41, 5.74) is 4.02. The van der Waals surface area contributed by atoms with Crippen LogP contribution in [0.25, 0.3) is 0 Å². The second kappa shape index (κ2) is 8.18. The average molecular weight is 366 g/mol. The molecule has 0 heterocycles. The first-order valence-electron chi connectivity index (χ1n) is 7.75. The van der Waals surface area contributed by atoms with Gasteiger partial charge in [0.05, 0.1) is 17.9 Å². The molecule has 3 aromatic rings. The van der Waals surface area contributed by atoms with Gasteiger partial charge in [-0.15, -0.1) is 0 Å². The first-order valence-corrected chi connectivity index (χ1v) is 8.12. The number of halogens is 1. The minimum atomic E-state index is -1.34. The largest absolute Gasteiger partial charge is 0.545 e. The van der Waals surface area contributed by atoms with Crippen LogP contribution in [0, 0.1) is 0 Å². The number of nitrogens with one attached hydrogen (secondary N) is 1. The quantitative estimate of drug-likeness (QED) is 0.530. The third-order valence-corrected chi connectivity index (χ3v) is 3.78. The Kier molecular flexibility index (Phi) is 5.51. The Hall–Kier alpha value is -3.31. The fourth-order valence-electron chi connectivity index (χ4n) is 2.18. The minimum Gasteiger partial charge on any atom is -0.545 e. The molecule has 0 bridgehead atoms. The van der Waals surface area contributed by atoms with Crippen LogP contribution >= 0.6 is 11.6 Å². The number of anilines is 1. The smallest absolute Gasteiger partial charge is 0.127 e. The van der Waals surface area contributed by atoms with Gasteiger partial charge in [0.15, 0.2) is 0 Å². The predicted octanol–water partition coefficient (Wildman–Crippen LogP) is 3.94. The molecule has 130 valence electrons. The van der Waals surface area contributed by atoms with E-state index >= 15 is 0 Å². The molecule has 0 atom stereocenters. The summed E-state index contributed by atoms with van der Waals surface area (Å²) in [5.74, 6) is 0.149. The Morgan fingerprint density at radius 3 is 2.38 bits per heavy atom. The van der Waals surface area contributed by atoms with E-state index in [1.807, 2.05) is 54.6 Å². The number of carbonyl (C=O) groups excluding carboxylic acids is 1. The van der Waals surface area contributed by atoms with E-state index in [0.29, 0.717) is 5.69 Å². The maximum Gasteiger partial charge on any atom is 0.127 e. The first-order chi connectivity index (χ1) is 12.6. The van der Waals surface area contributed by atoms with Crippen LogP contribution in [0.2, 0.25) is 5.02 Å². The zero-order chi connectivity index (χ0) is 18.4. The summed E-state index contributed by atoms with van der Waals surface area (Å²) in [4.78, 5) is 11.0. The van der Waals surface area contributed by atoms with Crippen molar-refractivity contribution in [3.63, 3.8) is 0 Å². The van der Waals surface area contributed by atoms with Crippen LogP contribution in [-0.2, 0) is 0 Å². The Bertz CT molecular complexity index is 926. The molecule has 0 fully saturated rings. The summed E-state index contributed by atoms with van der Waals surface area (Å²) in [5, 5.41) is 15.2. The Balaban J connectivity index is 1.62. The van der Waals surface area contributed by atoms with E-state index < -0.39 is 5.97 Å². The van der Waals surface area contributed by atoms with Gasteiger partial charge in [0.2, 0.25) is 0 Å². The van der Waals surface area contributed by atoms with Crippen molar-refractivity contribution < 1.29 is 14.6 Å². The van der Waals surface area contributed by atoms with Crippen molar-refractivity contribution in [2.75, 3.05) is 5.43 Å². The molecule has 5 nitrogen and oxygen atoms in total. The highest BCUT2D eigenvalue weighted by molar-refractivity contribution is 6.33. The molecule has 0 aliphatic heterocycles.